The molecule has 0 aliphatic rings. The lowest BCUT2D eigenvalue weighted by molar-refractivity contribution is 0.103. The zero-order chi connectivity index (χ0) is 44.9. The highest BCUT2D eigenvalue weighted by molar-refractivity contribution is 6.34. The van der Waals surface area contributed by atoms with Crippen LogP contribution in [-0.4, -0.2) is 73.9 Å². The van der Waals surface area contributed by atoms with Crippen LogP contribution in [0.2, 0.25) is 5.02 Å². The van der Waals surface area contributed by atoms with Gasteiger partial charge < -0.3 is 49.0 Å². The first-order valence-corrected chi connectivity index (χ1v) is 19.7. The normalized spacial score (nSPS) is 11.3. The maximum atomic E-state index is 15.7. The molecule has 0 saturated carbocycles. The van der Waals surface area contributed by atoms with Gasteiger partial charge in [-0.25, -0.2) is 0 Å². The van der Waals surface area contributed by atoms with Crippen LogP contribution in [0.5, 0.6) is 0 Å². The highest BCUT2D eigenvalue weighted by Crippen LogP contribution is 2.51. The van der Waals surface area contributed by atoms with Gasteiger partial charge in [-0.2, -0.15) is 0 Å². The molecule has 0 amide bonds. The molecular weight excluding hydrogens is 827 g/mol. The summed E-state index contributed by atoms with van der Waals surface area (Å²) in [6.45, 7) is 5.86. The summed E-state index contributed by atoms with van der Waals surface area (Å²) >= 11 is 6.50. The van der Waals surface area contributed by atoms with E-state index in [-0.39, 0.29) is 0 Å². The Balaban J connectivity index is 0.000000477. The molecule has 2 aromatic heterocycles. The summed E-state index contributed by atoms with van der Waals surface area (Å²) in [6.07, 6.45) is 0. The maximum Gasteiger partial charge on any atom is 0.678 e. The minimum atomic E-state index is -2.67. The molecule has 0 unspecified atom stereocenters. The van der Waals surface area contributed by atoms with Gasteiger partial charge in [0.1, 0.15) is 5.60 Å². The SMILES string of the molecule is CCn1c2ccccc2c2cc(C(OB(O)F)(c3ccc(Cl)cc3)c3cc4c5ccccc5n(CC)c4c4ccccc34)c3ccccc3c21.OB(O)F.OB(O)F.OB(O)F. The van der Waals surface area contributed by atoms with Crippen molar-refractivity contribution in [3.05, 3.63) is 155 Å². The fraction of sp³-hybridized carbons (Fsp3) is 0.116. The molecule has 10 nitrogen and oxygen atoms in total. The Morgan fingerprint density at radius 3 is 1.15 bits per heavy atom. The molecule has 0 bridgehead atoms. The van der Waals surface area contributed by atoms with Gasteiger partial charge >= 0.3 is 29.6 Å². The Kier molecular flexibility index (Phi) is 14.7. The van der Waals surface area contributed by atoms with Crippen LogP contribution in [0.25, 0.3) is 65.2 Å². The number of benzene rings is 7. The molecule has 2 heterocycles. The van der Waals surface area contributed by atoms with E-state index in [2.05, 4.69) is 108 Å². The van der Waals surface area contributed by atoms with Crippen molar-refractivity contribution in [2.75, 3.05) is 0 Å². The Morgan fingerprint density at radius 1 is 0.484 bits per heavy atom. The van der Waals surface area contributed by atoms with E-state index in [1.54, 1.807) is 12.1 Å². The summed E-state index contributed by atoms with van der Waals surface area (Å²) in [5.74, 6) is 0. The molecule has 0 aliphatic heterocycles. The number of para-hydroxylation sites is 2. The third kappa shape index (κ3) is 9.06. The minimum absolute atomic E-state index is 0.543. The van der Waals surface area contributed by atoms with Crippen molar-refractivity contribution in [1.82, 2.24) is 9.13 Å². The molecule has 0 aliphatic carbocycles. The van der Waals surface area contributed by atoms with Crippen molar-refractivity contribution in [3.8, 4) is 0 Å². The lowest BCUT2D eigenvalue weighted by Gasteiger charge is -2.38. The second kappa shape index (κ2) is 19.8. The highest BCUT2D eigenvalue weighted by atomic mass is 35.5. The molecule has 0 radical (unpaired) electrons. The van der Waals surface area contributed by atoms with Crippen LogP contribution in [0.3, 0.4) is 0 Å². The predicted molar refractivity (Wildman–Crippen MR) is 241 cm³/mol. The van der Waals surface area contributed by atoms with E-state index in [0.717, 1.165) is 89.4 Å². The molecule has 9 aromatic rings. The van der Waals surface area contributed by atoms with Gasteiger partial charge in [0.25, 0.3) is 0 Å². The summed E-state index contributed by atoms with van der Waals surface area (Å²) in [7, 11) is -10.6. The van der Waals surface area contributed by atoms with Crippen LogP contribution in [0.15, 0.2) is 133 Å². The summed E-state index contributed by atoms with van der Waals surface area (Å²) < 4.78 is 57.2. The Labute approximate surface area is 359 Å². The summed E-state index contributed by atoms with van der Waals surface area (Å²) in [5, 5.41) is 61.1. The van der Waals surface area contributed by atoms with E-state index >= 15 is 4.32 Å². The Morgan fingerprint density at radius 2 is 0.806 bits per heavy atom. The fourth-order valence-corrected chi connectivity index (χ4v) is 8.67. The molecule has 316 valence electrons. The Bertz CT molecular complexity index is 2790. The lowest BCUT2D eigenvalue weighted by Crippen LogP contribution is -2.38. The van der Waals surface area contributed by atoms with Gasteiger partial charge in [-0.1, -0.05) is 109 Å². The molecule has 9 rings (SSSR count). The zero-order valence-corrected chi connectivity index (χ0v) is 34.0. The molecular formula is C43H39B4ClF4N2O8. The molecule has 0 atom stereocenters. The minimum Gasteiger partial charge on any atom is -0.398 e. The third-order valence-corrected chi connectivity index (χ3v) is 10.7. The van der Waals surface area contributed by atoms with Crippen molar-refractivity contribution in [1.29, 1.82) is 0 Å². The average molecular weight is 866 g/mol. The van der Waals surface area contributed by atoms with E-state index in [9.17, 15) is 18.0 Å². The molecule has 0 spiro atoms. The van der Waals surface area contributed by atoms with E-state index in [1.165, 1.54) is 0 Å². The van der Waals surface area contributed by atoms with Gasteiger partial charge in [0.05, 0.1) is 11.0 Å². The lowest BCUT2D eigenvalue weighted by atomic mass is 9.74. The molecule has 7 N–H and O–H groups in total. The van der Waals surface area contributed by atoms with Gasteiger partial charge in [0.2, 0.25) is 0 Å². The van der Waals surface area contributed by atoms with Crippen LogP contribution in [0.4, 0.5) is 17.3 Å². The Hall–Kier alpha value is -5.39. The largest absolute Gasteiger partial charge is 0.678 e. The third-order valence-electron chi connectivity index (χ3n) is 10.5. The van der Waals surface area contributed by atoms with Crippen molar-refractivity contribution < 1.29 is 57.1 Å². The second-order valence-electron chi connectivity index (χ2n) is 13.8. The van der Waals surface area contributed by atoms with E-state index < -0.39 is 35.2 Å². The number of nitrogens with zero attached hydrogens (tertiary/aromatic N) is 2. The standard InChI is InChI=1S/C43H33BClFN2O2.3BFH2O2/c1-3-47-39-19-11-9-15-31(39)35-25-37(29-13-5-7-17-33(29)41(35)47)43(50-44(46)49,27-21-23-28(45)24-22-27)38-26-36-32-16-10-12-20-40(32)48(4-2)42(36)34-18-8-6-14-30(34)38;3*2-1(3)4/h5-26,49H,3-4H2,1-2H3;3*3-4H. The molecule has 0 saturated heterocycles. The number of aryl methyl sites for hydroxylation is 2. The number of hydrogen-bond acceptors (Lipinski definition) is 8. The van der Waals surface area contributed by atoms with Crippen molar-refractivity contribution in [3.63, 3.8) is 0 Å². The smallest absolute Gasteiger partial charge is 0.398 e. The van der Waals surface area contributed by atoms with Crippen LogP contribution in [0, 0.1) is 0 Å². The van der Waals surface area contributed by atoms with Gasteiger partial charge in [-0.15, -0.1) is 0 Å². The first-order valence-electron chi connectivity index (χ1n) is 19.3. The second-order valence-corrected chi connectivity index (χ2v) is 14.2. The van der Waals surface area contributed by atoms with E-state index in [4.69, 9.17) is 46.4 Å². The van der Waals surface area contributed by atoms with Crippen molar-refractivity contribution in [2.45, 2.75) is 32.5 Å². The molecule has 62 heavy (non-hydrogen) atoms. The summed E-state index contributed by atoms with van der Waals surface area (Å²) in [5.41, 5.74) is 4.92. The fourth-order valence-electron chi connectivity index (χ4n) is 8.55. The molecule has 7 aromatic carbocycles. The van der Waals surface area contributed by atoms with Crippen LogP contribution in [-0.2, 0) is 23.3 Å². The first kappa shape index (κ1) is 46.1. The average Bonchev–Trinajstić information content (AvgIpc) is 3.74. The summed E-state index contributed by atoms with van der Waals surface area (Å²) in [6, 6.07) is 44.9. The number of aromatic nitrogens is 2. The van der Waals surface area contributed by atoms with Crippen LogP contribution < -0.4 is 0 Å². The van der Waals surface area contributed by atoms with E-state index in [1.807, 2.05) is 36.4 Å². The summed E-state index contributed by atoms with van der Waals surface area (Å²) in [4.78, 5) is 0. The quantitative estimate of drug-likeness (QED) is 0.0483. The highest BCUT2D eigenvalue weighted by Gasteiger charge is 2.45. The van der Waals surface area contributed by atoms with E-state index in [0.29, 0.717) is 10.6 Å². The topological polar surface area (TPSA) is 161 Å². The molecule has 0 fully saturated rings. The first-order chi connectivity index (χ1) is 29.7. The zero-order valence-electron chi connectivity index (χ0n) is 33.2. The number of rotatable bonds is 7. The monoisotopic (exact) mass is 866 g/mol. The van der Waals surface area contributed by atoms with Gasteiger partial charge in [0.15, 0.2) is 0 Å². The van der Waals surface area contributed by atoms with Gasteiger partial charge in [-0.3, -0.25) is 17.3 Å². The van der Waals surface area contributed by atoms with Crippen LogP contribution in [0.1, 0.15) is 30.5 Å². The van der Waals surface area contributed by atoms with Crippen molar-refractivity contribution in [2.24, 2.45) is 0 Å². The number of hydrogen-bond donors (Lipinski definition) is 7. The van der Waals surface area contributed by atoms with Gasteiger partial charge in [0, 0.05) is 72.6 Å². The van der Waals surface area contributed by atoms with Crippen molar-refractivity contribution >= 4 is 106 Å². The predicted octanol–water partition coefficient (Wildman–Crippen LogP) is 7.93. The number of fused-ring (bicyclic) bond motifs is 10. The molecule has 19 heteroatoms. The maximum absolute atomic E-state index is 15.7. The van der Waals surface area contributed by atoms with Crippen LogP contribution >= 0.6 is 11.6 Å². The van der Waals surface area contributed by atoms with Gasteiger partial charge in [-0.05, 0) is 66.6 Å². The number of halogens is 5.